The Bertz CT molecular complexity index is 357. The lowest BCUT2D eigenvalue weighted by Gasteiger charge is -2.26. The van der Waals surface area contributed by atoms with Crippen LogP contribution in [-0.4, -0.2) is 18.1 Å². The Morgan fingerprint density at radius 1 is 1.33 bits per heavy atom. The topological polar surface area (TPSA) is 50.9 Å². The molecule has 0 radical (unpaired) electrons. The second kappa shape index (κ2) is 6.74. The molecular weight excluding hydrogens is 222 g/mol. The number of nitrogen functional groups attached to an aromatic ring is 1. The summed E-state index contributed by atoms with van der Waals surface area (Å²) in [6.45, 7) is 0. The molecule has 1 saturated carbocycles. The monoisotopic (exact) mass is 247 g/mol. The SMILES string of the molecule is CNC(Cc1cccnc1N)C1CCCCCC1. The minimum atomic E-state index is 0.537. The van der Waals surface area contributed by atoms with Gasteiger partial charge in [0.2, 0.25) is 0 Å². The molecule has 1 heterocycles. The van der Waals surface area contributed by atoms with Crippen molar-refractivity contribution in [3.05, 3.63) is 23.9 Å². The van der Waals surface area contributed by atoms with Gasteiger partial charge in [-0.3, -0.25) is 0 Å². The third-order valence-electron chi connectivity index (χ3n) is 4.21. The van der Waals surface area contributed by atoms with E-state index in [0.717, 1.165) is 12.3 Å². The minimum absolute atomic E-state index is 0.537. The van der Waals surface area contributed by atoms with E-state index in [4.69, 9.17) is 5.73 Å². The molecule has 1 fully saturated rings. The summed E-state index contributed by atoms with van der Waals surface area (Å²) in [5, 5.41) is 3.49. The molecule has 1 aromatic rings. The van der Waals surface area contributed by atoms with Crippen LogP contribution in [0.5, 0.6) is 0 Å². The van der Waals surface area contributed by atoms with Gasteiger partial charge in [-0.1, -0.05) is 31.7 Å². The number of anilines is 1. The van der Waals surface area contributed by atoms with E-state index in [2.05, 4.69) is 23.4 Å². The Kier molecular flexibility index (Phi) is 5.00. The van der Waals surface area contributed by atoms with Gasteiger partial charge in [0.25, 0.3) is 0 Å². The molecule has 0 spiro atoms. The predicted octanol–water partition coefficient (Wildman–Crippen LogP) is 2.76. The van der Waals surface area contributed by atoms with Crippen LogP contribution in [0.25, 0.3) is 0 Å². The van der Waals surface area contributed by atoms with Crippen LogP contribution in [-0.2, 0) is 6.42 Å². The zero-order valence-corrected chi connectivity index (χ0v) is 11.4. The zero-order valence-electron chi connectivity index (χ0n) is 11.4. The summed E-state index contributed by atoms with van der Waals surface area (Å²) < 4.78 is 0. The Morgan fingerprint density at radius 3 is 2.67 bits per heavy atom. The van der Waals surface area contributed by atoms with Crippen molar-refractivity contribution in [1.29, 1.82) is 0 Å². The number of pyridine rings is 1. The maximum Gasteiger partial charge on any atom is 0.126 e. The molecule has 0 bridgehead atoms. The fourth-order valence-corrected chi connectivity index (χ4v) is 3.08. The first-order valence-corrected chi connectivity index (χ1v) is 7.18. The highest BCUT2D eigenvalue weighted by Gasteiger charge is 2.22. The molecule has 3 heteroatoms. The molecule has 1 unspecified atom stereocenters. The molecular formula is C15H25N3. The highest BCUT2D eigenvalue weighted by Crippen LogP contribution is 2.27. The van der Waals surface area contributed by atoms with Crippen LogP contribution in [0.4, 0.5) is 5.82 Å². The number of aromatic nitrogens is 1. The third-order valence-corrected chi connectivity index (χ3v) is 4.21. The van der Waals surface area contributed by atoms with Gasteiger partial charge in [-0.25, -0.2) is 4.98 Å². The maximum atomic E-state index is 5.95. The van der Waals surface area contributed by atoms with E-state index >= 15 is 0 Å². The third kappa shape index (κ3) is 3.45. The van der Waals surface area contributed by atoms with Gasteiger partial charge in [-0.05, 0) is 43.9 Å². The molecule has 0 aromatic carbocycles. The summed E-state index contributed by atoms with van der Waals surface area (Å²) in [7, 11) is 2.07. The predicted molar refractivity (Wildman–Crippen MR) is 76.4 cm³/mol. The van der Waals surface area contributed by atoms with Gasteiger partial charge >= 0.3 is 0 Å². The molecule has 1 aromatic heterocycles. The molecule has 3 N–H and O–H groups in total. The summed E-state index contributed by atoms with van der Waals surface area (Å²) in [5.74, 6) is 1.48. The van der Waals surface area contributed by atoms with E-state index in [1.165, 1.54) is 44.1 Å². The molecule has 0 amide bonds. The van der Waals surface area contributed by atoms with Crippen molar-refractivity contribution < 1.29 is 0 Å². The molecule has 100 valence electrons. The summed E-state index contributed by atoms with van der Waals surface area (Å²) in [6, 6.07) is 4.61. The summed E-state index contributed by atoms with van der Waals surface area (Å²) in [4.78, 5) is 4.18. The van der Waals surface area contributed by atoms with Crippen molar-refractivity contribution in [3.8, 4) is 0 Å². The van der Waals surface area contributed by atoms with Gasteiger partial charge in [0.05, 0.1) is 0 Å². The normalized spacial score (nSPS) is 19.4. The van der Waals surface area contributed by atoms with E-state index in [1.807, 2.05) is 6.07 Å². The van der Waals surface area contributed by atoms with E-state index in [9.17, 15) is 0 Å². The first-order chi connectivity index (χ1) is 8.81. The van der Waals surface area contributed by atoms with Crippen LogP contribution >= 0.6 is 0 Å². The smallest absolute Gasteiger partial charge is 0.126 e. The average molecular weight is 247 g/mol. The fourth-order valence-electron chi connectivity index (χ4n) is 3.08. The Hall–Kier alpha value is -1.09. The van der Waals surface area contributed by atoms with Crippen LogP contribution in [0.15, 0.2) is 18.3 Å². The van der Waals surface area contributed by atoms with Crippen molar-refractivity contribution >= 4 is 5.82 Å². The number of likely N-dealkylation sites (N-methyl/N-ethyl adjacent to an activating group) is 1. The maximum absolute atomic E-state index is 5.95. The Balaban J connectivity index is 2.02. The first kappa shape index (κ1) is 13.3. The standard InChI is InChI=1S/C15H25N3/c1-17-14(12-7-4-2-3-5-8-12)11-13-9-6-10-18-15(13)16/h6,9-10,12,14,17H,2-5,7-8,11H2,1H3,(H2,16,18). The van der Waals surface area contributed by atoms with Crippen molar-refractivity contribution in [2.45, 2.75) is 51.0 Å². The molecule has 18 heavy (non-hydrogen) atoms. The minimum Gasteiger partial charge on any atom is -0.383 e. The van der Waals surface area contributed by atoms with Crippen molar-refractivity contribution in [1.82, 2.24) is 10.3 Å². The summed E-state index contributed by atoms with van der Waals surface area (Å²) in [5.41, 5.74) is 7.13. The number of hydrogen-bond acceptors (Lipinski definition) is 3. The lowest BCUT2D eigenvalue weighted by atomic mass is 9.88. The number of rotatable bonds is 4. The van der Waals surface area contributed by atoms with Gasteiger partial charge in [0, 0.05) is 12.2 Å². The quantitative estimate of drug-likeness (QED) is 0.804. The second-order valence-electron chi connectivity index (χ2n) is 5.40. The number of nitrogens with zero attached hydrogens (tertiary/aromatic N) is 1. The summed E-state index contributed by atoms with van der Waals surface area (Å²) >= 11 is 0. The highest BCUT2D eigenvalue weighted by molar-refractivity contribution is 5.38. The van der Waals surface area contributed by atoms with Crippen LogP contribution in [0.3, 0.4) is 0 Å². The van der Waals surface area contributed by atoms with Crippen LogP contribution in [0.1, 0.15) is 44.1 Å². The lowest BCUT2D eigenvalue weighted by Crippen LogP contribution is -2.35. The number of nitrogens with two attached hydrogens (primary N) is 1. The molecule has 1 atom stereocenters. The molecule has 1 aliphatic rings. The molecule has 1 aliphatic carbocycles. The summed E-state index contributed by atoms with van der Waals surface area (Å²) in [6.07, 6.45) is 11.0. The highest BCUT2D eigenvalue weighted by atomic mass is 14.9. The van der Waals surface area contributed by atoms with Crippen molar-refractivity contribution in [3.63, 3.8) is 0 Å². The number of nitrogens with one attached hydrogen (secondary N) is 1. The van der Waals surface area contributed by atoms with Gasteiger partial charge in [-0.15, -0.1) is 0 Å². The molecule has 0 aliphatic heterocycles. The Morgan fingerprint density at radius 2 is 2.06 bits per heavy atom. The molecule has 3 nitrogen and oxygen atoms in total. The fraction of sp³-hybridized carbons (Fsp3) is 0.667. The second-order valence-corrected chi connectivity index (χ2v) is 5.40. The zero-order chi connectivity index (χ0) is 12.8. The van der Waals surface area contributed by atoms with Gasteiger partial charge in [0.15, 0.2) is 0 Å². The van der Waals surface area contributed by atoms with Crippen molar-refractivity contribution in [2.75, 3.05) is 12.8 Å². The average Bonchev–Trinajstić information content (AvgIpc) is 2.67. The largest absolute Gasteiger partial charge is 0.383 e. The Labute approximate surface area is 110 Å². The number of hydrogen-bond donors (Lipinski definition) is 2. The van der Waals surface area contributed by atoms with Crippen LogP contribution in [0.2, 0.25) is 0 Å². The first-order valence-electron chi connectivity index (χ1n) is 7.18. The van der Waals surface area contributed by atoms with E-state index < -0.39 is 0 Å². The van der Waals surface area contributed by atoms with Crippen LogP contribution < -0.4 is 11.1 Å². The molecule has 0 saturated heterocycles. The van der Waals surface area contributed by atoms with Crippen LogP contribution in [0, 0.1) is 5.92 Å². The van der Waals surface area contributed by atoms with E-state index in [-0.39, 0.29) is 0 Å². The van der Waals surface area contributed by atoms with Gasteiger partial charge in [0.1, 0.15) is 5.82 Å². The molecule has 2 rings (SSSR count). The van der Waals surface area contributed by atoms with E-state index in [0.29, 0.717) is 11.9 Å². The van der Waals surface area contributed by atoms with Gasteiger partial charge in [-0.2, -0.15) is 0 Å². The van der Waals surface area contributed by atoms with Gasteiger partial charge < -0.3 is 11.1 Å². The van der Waals surface area contributed by atoms with Crippen molar-refractivity contribution in [2.24, 2.45) is 5.92 Å². The lowest BCUT2D eigenvalue weighted by molar-refractivity contribution is 0.332. The van der Waals surface area contributed by atoms with E-state index in [1.54, 1.807) is 6.20 Å².